The van der Waals surface area contributed by atoms with E-state index in [0.717, 1.165) is 6.54 Å². The number of hydrogen-bond donors (Lipinski definition) is 0. The highest BCUT2D eigenvalue weighted by molar-refractivity contribution is 9.09. The summed E-state index contributed by atoms with van der Waals surface area (Å²) >= 11 is 3.55. The lowest BCUT2D eigenvalue weighted by Gasteiger charge is -2.01. The summed E-state index contributed by atoms with van der Waals surface area (Å²) in [5.41, 5.74) is 2.64. The molecule has 2 heteroatoms. The Balaban J connectivity index is 2.79. The van der Waals surface area contributed by atoms with Gasteiger partial charge in [-0.3, -0.25) is 0 Å². The van der Waals surface area contributed by atoms with E-state index in [2.05, 4.69) is 65.8 Å². The van der Waals surface area contributed by atoms with Crippen LogP contribution in [0.1, 0.15) is 26.3 Å². The largest absolute Gasteiger partial charge is 0.354 e. The number of aromatic nitrogens is 1. The maximum Gasteiger partial charge on any atom is 0.0326 e. The van der Waals surface area contributed by atoms with Crippen molar-refractivity contribution in [3.8, 4) is 0 Å². The van der Waals surface area contributed by atoms with Crippen LogP contribution in [0, 0.1) is 0 Å². The van der Waals surface area contributed by atoms with Gasteiger partial charge in [-0.05, 0) is 32.4 Å². The minimum absolute atomic E-state index is 0.456. The van der Waals surface area contributed by atoms with E-state index in [0.29, 0.717) is 4.83 Å². The summed E-state index contributed by atoms with van der Waals surface area (Å²) in [5, 5.41) is 0. The van der Waals surface area contributed by atoms with Crippen LogP contribution in [0.15, 0.2) is 24.0 Å². The van der Waals surface area contributed by atoms with Crippen molar-refractivity contribution in [2.45, 2.75) is 32.1 Å². The first-order chi connectivity index (χ1) is 6.13. The van der Waals surface area contributed by atoms with Crippen molar-refractivity contribution in [3.05, 3.63) is 29.6 Å². The molecule has 1 heterocycles. The molecule has 0 N–H and O–H groups in total. The Kier molecular flexibility index (Phi) is 3.79. The number of alkyl halides is 1. The van der Waals surface area contributed by atoms with Gasteiger partial charge in [0.05, 0.1) is 0 Å². The van der Waals surface area contributed by atoms with Crippen LogP contribution in [-0.2, 0) is 6.54 Å². The zero-order valence-electron chi connectivity index (χ0n) is 8.42. The van der Waals surface area contributed by atoms with E-state index in [9.17, 15) is 0 Å². The highest BCUT2D eigenvalue weighted by Gasteiger charge is 1.98. The quantitative estimate of drug-likeness (QED) is 0.712. The summed E-state index contributed by atoms with van der Waals surface area (Å²) in [6.45, 7) is 7.47. The molecule has 0 amide bonds. The molecule has 1 atom stereocenters. The van der Waals surface area contributed by atoms with Crippen LogP contribution in [0.4, 0.5) is 0 Å². The van der Waals surface area contributed by atoms with Crippen LogP contribution in [0.25, 0.3) is 6.08 Å². The van der Waals surface area contributed by atoms with Crippen LogP contribution >= 0.6 is 15.9 Å². The van der Waals surface area contributed by atoms with Crippen LogP contribution in [0.2, 0.25) is 0 Å². The molecule has 1 aromatic heterocycles. The molecule has 0 spiro atoms. The standard InChI is InChI=1S/C11H16BrN/c1-4-13-6-5-11(8-13)7-9(2)10(3)12/h5-8,10H,4H2,1-3H3/b9-7-. The van der Waals surface area contributed by atoms with E-state index in [1.807, 2.05) is 0 Å². The number of nitrogens with zero attached hydrogens (tertiary/aromatic N) is 1. The summed E-state index contributed by atoms with van der Waals surface area (Å²) < 4.78 is 2.18. The molecule has 1 unspecified atom stereocenters. The SMILES string of the molecule is CCn1ccc(/C=C(/C)C(C)Br)c1. The third kappa shape index (κ3) is 3.03. The van der Waals surface area contributed by atoms with Gasteiger partial charge in [-0.15, -0.1) is 0 Å². The zero-order chi connectivity index (χ0) is 9.84. The van der Waals surface area contributed by atoms with Gasteiger partial charge < -0.3 is 4.57 Å². The molecular formula is C11H16BrN. The topological polar surface area (TPSA) is 4.93 Å². The second kappa shape index (κ2) is 4.66. The lowest BCUT2D eigenvalue weighted by molar-refractivity contribution is 0.769. The molecule has 13 heavy (non-hydrogen) atoms. The van der Waals surface area contributed by atoms with Crippen molar-refractivity contribution in [2.75, 3.05) is 0 Å². The Morgan fingerprint density at radius 2 is 2.38 bits per heavy atom. The Morgan fingerprint density at radius 1 is 1.69 bits per heavy atom. The van der Waals surface area contributed by atoms with Gasteiger partial charge >= 0.3 is 0 Å². The minimum Gasteiger partial charge on any atom is -0.354 e. The average molecular weight is 242 g/mol. The fourth-order valence-corrected chi connectivity index (χ4v) is 1.25. The van der Waals surface area contributed by atoms with Gasteiger partial charge in [-0.2, -0.15) is 0 Å². The highest BCUT2D eigenvalue weighted by Crippen LogP contribution is 2.15. The lowest BCUT2D eigenvalue weighted by Crippen LogP contribution is -1.90. The van der Waals surface area contributed by atoms with Crippen molar-refractivity contribution in [1.82, 2.24) is 4.57 Å². The molecule has 1 nitrogen and oxygen atoms in total. The molecule has 0 saturated heterocycles. The fourth-order valence-electron chi connectivity index (χ4n) is 1.12. The van der Waals surface area contributed by atoms with Crippen molar-refractivity contribution < 1.29 is 0 Å². The molecule has 0 bridgehead atoms. The van der Waals surface area contributed by atoms with Crippen molar-refractivity contribution in [1.29, 1.82) is 0 Å². The molecule has 0 aliphatic rings. The maximum absolute atomic E-state index is 3.55. The molecule has 0 radical (unpaired) electrons. The zero-order valence-corrected chi connectivity index (χ0v) is 10.0. The van der Waals surface area contributed by atoms with Crippen LogP contribution < -0.4 is 0 Å². The van der Waals surface area contributed by atoms with Crippen LogP contribution in [0.5, 0.6) is 0 Å². The smallest absolute Gasteiger partial charge is 0.0326 e. The summed E-state index contributed by atoms with van der Waals surface area (Å²) in [7, 11) is 0. The Bertz CT molecular complexity index is 297. The van der Waals surface area contributed by atoms with Gasteiger partial charge in [-0.25, -0.2) is 0 Å². The second-order valence-electron chi connectivity index (χ2n) is 3.28. The van der Waals surface area contributed by atoms with Crippen molar-refractivity contribution in [2.24, 2.45) is 0 Å². The average Bonchev–Trinajstić information content (AvgIpc) is 2.52. The van der Waals surface area contributed by atoms with Crippen LogP contribution in [-0.4, -0.2) is 9.39 Å². The van der Waals surface area contributed by atoms with E-state index in [4.69, 9.17) is 0 Å². The first-order valence-electron chi connectivity index (χ1n) is 4.61. The second-order valence-corrected chi connectivity index (χ2v) is 4.65. The number of halogens is 1. The number of hydrogen-bond acceptors (Lipinski definition) is 0. The maximum atomic E-state index is 3.55. The molecule has 0 aliphatic heterocycles. The third-order valence-electron chi connectivity index (χ3n) is 2.16. The van der Waals surface area contributed by atoms with Gasteiger partial charge in [0, 0.05) is 23.8 Å². The van der Waals surface area contributed by atoms with Gasteiger partial charge in [0.2, 0.25) is 0 Å². The Hall–Kier alpha value is -0.500. The van der Waals surface area contributed by atoms with E-state index >= 15 is 0 Å². The number of allylic oxidation sites excluding steroid dienone is 1. The molecule has 0 aromatic carbocycles. The van der Waals surface area contributed by atoms with E-state index in [-0.39, 0.29) is 0 Å². The van der Waals surface area contributed by atoms with Gasteiger partial charge in [0.1, 0.15) is 0 Å². The minimum atomic E-state index is 0.456. The molecule has 0 saturated carbocycles. The van der Waals surface area contributed by atoms with Gasteiger partial charge in [-0.1, -0.05) is 27.6 Å². The van der Waals surface area contributed by atoms with Crippen LogP contribution in [0.3, 0.4) is 0 Å². The van der Waals surface area contributed by atoms with Crippen molar-refractivity contribution in [3.63, 3.8) is 0 Å². The van der Waals surface area contributed by atoms with E-state index < -0.39 is 0 Å². The first kappa shape index (κ1) is 10.6. The van der Waals surface area contributed by atoms with Gasteiger partial charge in [0.15, 0.2) is 0 Å². The Morgan fingerprint density at radius 3 is 2.85 bits per heavy atom. The monoisotopic (exact) mass is 241 g/mol. The van der Waals surface area contributed by atoms with Crippen molar-refractivity contribution >= 4 is 22.0 Å². The summed E-state index contributed by atoms with van der Waals surface area (Å²) in [5.74, 6) is 0. The van der Waals surface area contributed by atoms with Gasteiger partial charge in [0.25, 0.3) is 0 Å². The molecule has 72 valence electrons. The fraction of sp³-hybridized carbons (Fsp3) is 0.455. The van der Waals surface area contributed by atoms with E-state index in [1.54, 1.807) is 0 Å². The molecule has 1 rings (SSSR count). The number of aryl methyl sites for hydroxylation is 1. The predicted molar refractivity (Wildman–Crippen MR) is 62.1 cm³/mol. The summed E-state index contributed by atoms with van der Waals surface area (Å²) in [6.07, 6.45) is 6.49. The predicted octanol–water partition coefficient (Wildman–Crippen LogP) is 3.69. The summed E-state index contributed by atoms with van der Waals surface area (Å²) in [6, 6.07) is 2.14. The van der Waals surface area contributed by atoms with E-state index in [1.165, 1.54) is 11.1 Å². The number of rotatable bonds is 3. The third-order valence-corrected chi connectivity index (χ3v) is 2.88. The Labute approximate surface area is 88.6 Å². The summed E-state index contributed by atoms with van der Waals surface area (Å²) in [4.78, 5) is 0.456. The lowest BCUT2D eigenvalue weighted by atomic mass is 10.2. The normalized spacial score (nSPS) is 14.6. The first-order valence-corrected chi connectivity index (χ1v) is 5.53. The molecule has 0 aliphatic carbocycles. The molecule has 0 fully saturated rings. The highest BCUT2D eigenvalue weighted by atomic mass is 79.9. The molecular weight excluding hydrogens is 226 g/mol. The molecule has 1 aromatic rings.